The molecule has 0 saturated carbocycles. The number of amides is 1. The molecule has 0 aliphatic carbocycles. The van der Waals surface area contributed by atoms with Gasteiger partial charge in [-0.2, -0.15) is 0 Å². The van der Waals surface area contributed by atoms with Crippen molar-refractivity contribution in [1.82, 2.24) is 14.9 Å². The van der Waals surface area contributed by atoms with Crippen molar-refractivity contribution in [2.45, 2.75) is 13.0 Å². The smallest absolute Gasteiger partial charge is 0.227 e. The summed E-state index contributed by atoms with van der Waals surface area (Å²) in [6.07, 6.45) is 5.20. The fourth-order valence-corrected chi connectivity index (χ4v) is 3.31. The molecule has 1 aliphatic heterocycles. The van der Waals surface area contributed by atoms with E-state index in [1.165, 1.54) is 0 Å². The standard InChI is InChI=1S/C21H18ClN3O3/c22-17-3-4-18(24-12-17)15-9-16-13-25(6-7-28-21(16)19(26)10-15)20(27)8-14-2-1-5-23-11-14/h1-5,9-12,26H,6-8,13H2. The monoisotopic (exact) mass is 395 g/mol. The van der Waals surface area contributed by atoms with Gasteiger partial charge in [0.15, 0.2) is 11.5 Å². The first-order valence-electron chi connectivity index (χ1n) is 8.87. The zero-order valence-electron chi connectivity index (χ0n) is 15.0. The topological polar surface area (TPSA) is 75.6 Å². The van der Waals surface area contributed by atoms with Crippen molar-refractivity contribution < 1.29 is 14.6 Å². The molecule has 3 aromatic rings. The molecule has 0 spiro atoms. The molecule has 2 aromatic heterocycles. The summed E-state index contributed by atoms with van der Waals surface area (Å²) in [5.41, 5.74) is 3.02. The number of carbonyl (C=O) groups excluding carboxylic acids is 1. The van der Waals surface area contributed by atoms with Gasteiger partial charge in [0.05, 0.1) is 23.7 Å². The molecule has 1 amide bonds. The van der Waals surface area contributed by atoms with Crippen molar-refractivity contribution in [2.24, 2.45) is 0 Å². The van der Waals surface area contributed by atoms with Crippen molar-refractivity contribution in [1.29, 1.82) is 0 Å². The Bertz CT molecular complexity index is 994. The van der Waals surface area contributed by atoms with Crippen LogP contribution in [0.3, 0.4) is 0 Å². The molecule has 0 atom stereocenters. The summed E-state index contributed by atoms with van der Waals surface area (Å²) < 4.78 is 5.72. The van der Waals surface area contributed by atoms with Gasteiger partial charge in [0, 0.05) is 36.3 Å². The van der Waals surface area contributed by atoms with E-state index in [1.807, 2.05) is 18.2 Å². The van der Waals surface area contributed by atoms with Crippen LogP contribution in [0, 0.1) is 0 Å². The van der Waals surface area contributed by atoms with Crippen molar-refractivity contribution in [3.05, 3.63) is 71.1 Å². The zero-order valence-corrected chi connectivity index (χ0v) is 15.8. The van der Waals surface area contributed by atoms with Gasteiger partial charge in [-0.15, -0.1) is 0 Å². The molecular weight excluding hydrogens is 378 g/mol. The lowest BCUT2D eigenvalue weighted by Gasteiger charge is -2.20. The lowest BCUT2D eigenvalue weighted by Crippen LogP contribution is -2.33. The molecule has 0 fully saturated rings. The normalized spacial score (nSPS) is 13.4. The molecule has 3 heterocycles. The second-order valence-electron chi connectivity index (χ2n) is 6.55. The number of rotatable bonds is 3. The third kappa shape index (κ3) is 3.92. The molecule has 0 bridgehead atoms. The van der Waals surface area contributed by atoms with E-state index in [2.05, 4.69) is 9.97 Å². The number of halogens is 1. The largest absolute Gasteiger partial charge is 0.504 e. The Labute approximate surface area is 167 Å². The number of pyridine rings is 2. The van der Waals surface area contributed by atoms with Gasteiger partial charge in [0.25, 0.3) is 0 Å². The molecule has 4 rings (SSSR count). The maximum atomic E-state index is 12.8. The molecule has 0 radical (unpaired) electrons. The van der Waals surface area contributed by atoms with E-state index in [0.717, 1.165) is 16.7 Å². The van der Waals surface area contributed by atoms with Gasteiger partial charge in [-0.1, -0.05) is 17.7 Å². The highest BCUT2D eigenvalue weighted by molar-refractivity contribution is 6.30. The molecule has 6 nitrogen and oxygen atoms in total. The number of hydrogen-bond donors (Lipinski definition) is 1. The maximum absolute atomic E-state index is 12.8. The molecule has 142 valence electrons. The summed E-state index contributed by atoms with van der Waals surface area (Å²) in [4.78, 5) is 22.9. The fraction of sp³-hybridized carbons (Fsp3) is 0.190. The lowest BCUT2D eigenvalue weighted by molar-refractivity contribution is -0.131. The third-order valence-corrected chi connectivity index (χ3v) is 4.79. The van der Waals surface area contributed by atoms with E-state index in [-0.39, 0.29) is 18.1 Å². The minimum Gasteiger partial charge on any atom is -0.504 e. The van der Waals surface area contributed by atoms with Gasteiger partial charge in [0.2, 0.25) is 5.91 Å². The number of benzene rings is 1. The van der Waals surface area contributed by atoms with Gasteiger partial charge < -0.3 is 14.7 Å². The average molecular weight is 396 g/mol. The van der Waals surface area contributed by atoms with E-state index in [1.54, 1.807) is 41.7 Å². The average Bonchev–Trinajstić information content (AvgIpc) is 2.92. The van der Waals surface area contributed by atoms with Crippen LogP contribution in [0.1, 0.15) is 11.1 Å². The summed E-state index contributed by atoms with van der Waals surface area (Å²) in [5.74, 6) is 0.430. The molecule has 1 aromatic carbocycles. The van der Waals surface area contributed by atoms with Crippen LogP contribution in [0.15, 0.2) is 55.0 Å². The number of hydrogen-bond acceptors (Lipinski definition) is 5. The first kappa shape index (κ1) is 18.3. The number of phenolic OH excluding ortho intramolecular Hbond substituents is 1. The Kier molecular flexibility index (Phi) is 5.12. The molecule has 1 aliphatic rings. The predicted octanol–water partition coefficient (Wildman–Crippen LogP) is 3.47. The van der Waals surface area contributed by atoms with E-state index < -0.39 is 0 Å². The van der Waals surface area contributed by atoms with Gasteiger partial charge in [-0.05, 0) is 35.9 Å². The second kappa shape index (κ2) is 7.86. The number of ether oxygens (including phenoxy) is 1. The highest BCUT2D eigenvalue weighted by Gasteiger charge is 2.23. The van der Waals surface area contributed by atoms with Crippen LogP contribution in [0.2, 0.25) is 5.02 Å². The van der Waals surface area contributed by atoms with Gasteiger partial charge in [-0.25, -0.2) is 0 Å². The summed E-state index contributed by atoms with van der Waals surface area (Å²) in [6.45, 7) is 1.11. The van der Waals surface area contributed by atoms with Crippen LogP contribution in [0.4, 0.5) is 0 Å². The predicted molar refractivity (Wildman–Crippen MR) is 105 cm³/mol. The first-order valence-corrected chi connectivity index (χ1v) is 9.25. The maximum Gasteiger partial charge on any atom is 0.227 e. The Morgan fingerprint density at radius 3 is 2.89 bits per heavy atom. The van der Waals surface area contributed by atoms with Gasteiger partial charge >= 0.3 is 0 Å². The van der Waals surface area contributed by atoms with Crippen LogP contribution in [-0.4, -0.2) is 39.0 Å². The van der Waals surface area contributed by atoms with Gasteiger partial charge in [-0.3, -0.25) is 14.8 Å². The second-order valence-corrected chi connectivity index (χ2v) is 6.98. The van der Waals surface area contributed by atoms with Crippen molar-refractivity contribution in [2.75, 3.05) is 13.2 Å². The minimum atomic E-state index is -0.0149. The van der Waals surface area contributed by atoms with Crippen LogP contribution < -0.4 is 4.74 Å². The van der Waals surface area contributed by atoms with Crippen molar-refractivity contribution >= 4 is 17.5 Å². The molecule has 7 heteroatoms. The Hall–Kier alpha value is -3.12. The molecule has 1 N–H and O–H groups in total. The number of aromatic hydroxyl groups is 1. The van der Waals surface area contributed by atoms with E-state index in [4.69, 9.17) is 16.3 Å². The van der Waals surface area contributed by atoms with Crippen molar-refractivity contribution in [3.8, 4) is 22.8 Å². The minimum absolute atomic E-state index is 0.0149. The Morgan fingerprint density at radius 1 is 1.25 bits per heavy atom. The fourth-order valence-electron chi connectivity index (χ4n) is 3.20. The van der Waals surface area contributed by atoms with Crippen LogP contribution in [0.5, 0.6) is 11.5 Å². The van der Waals surface area contributed by atoms with Crippen LogP contribution in [0.25, 0.3) is 11.3 Å². The van der Waals surface area contributed by atoms with E-state index >= 15 is 0 Å². The molecule has 0 unspecified atom stereocenters. The summed E-state index contributed by atoms with van der Waals surface area (Å²) in [6, 6.07) is 10.7. The van der Waals surface area contributed by atoms with Crippen LogP contribution in [-0.2, 0) is 17.8 Å². The highest BCUT2D eigenvalue weighted by atomic mass is 35.5. The van der Waals surface area contributed by atoms with E-state index in [0.29, 0.717) is 36.2 Å². The van der Waals surface area contributed by atoms with Gasteiger partial charge in [0.1, 0.15) is 6.61 Å². The Morgan fingerprint density at radius 2 is 2.14 bits per heavy atom. The number of aromatic nitrogens is 2. The molecular formula is C21H18ClN3O3. The zero-order chi connectivity index (χ0) is 19.5. The molecule has 28 heavy (non-hydrogen) atoms. The SMILES string of the molecule is O=C(Cc1cccnc1)N1CCOc2c(O)cc(-c3ccc(Cl)cn3)cc2C1. The Balaban J connectivity index is 1.61. The third-order valence-electron chi connectivity index (χ3n) is 4.57. The number of fused-ring (bicyclic) bond motifs is 1. The summed E-state index contributed by atoms with van der Waals surface area (Å²) >= 11 is 5.91. The molecule has 0 saturated heterocycles. The first-order chi connectivity index (χ1) is 13.6. The van der Waals surface area contributed by atoms with Crippen LogP contribution >= 0.6 is 11.6 Å². The van der Waals surface area contributed by atoms with Crippen molar-refractivity contribution in [3.63, 3.8) is 0 Å². The number of nitrogens with zero attached hydrogens (tertiary/aromatic N) is 3. The number of carbonyl (C=O) groups is 1. The highest BCUT2D eigenvalue weighted by Crippen LogP contribution is 2.37. The summed E-state index contributed by atoms with van der Waals surface area (Å²) in [7, 11) is 0. The van der Waals surface area contributed by atoms with E-state index in [9.17, 15) is 9.90 Å². The number of phenols is 1. The quantitative estimate of drug-likeness (QED) is 0.735. The lowest BCUT2D eigenvalue weighted by atomic mass is 10.0. The summed E-state index contributed by atoms with van der Waals surface area (Å²) in [5, 5.41) is 11.0.